The molecule has 0 bridgehead atoms. The van der Waals surface area contributed by atoms with E-state index in [1.807, 2.05) is 31.2 Å². The molecule has 0 aliphatic carbocycles. The van der Waals surface area contributed by atoms with Crippen LogP contribution < -0.4 is 5.32 Å². The Morgan fingerprint density at radius 1 is 1.33 bits per heavy atom. The van der Waals surface area contributed by atoms with Crippen molar-refractivity contribution in [3.05, 3.63) is 50.1 Å². The minimum atomic E-state index is 0.190. The predicted molar refractivity (Wildman–Crippen MR) is 80.0 cm³/mol. The average molecular weight is 321 g/mol. The first-order chi connectivity index (χ1) is 8.61. The van der Waals surface area contributed by atoms with E-state index in [1.54, 1.807) is 11.3 Å². The summed E-state index contributed by atoms with van der Waals surface area (Å²) in [5.41, 5.74) is 2.62. The highest BCUT2D eigenvalue weighted by molar-refractivity contribution is 9.11. The Kier molecular flexibility index (Phi) is 4.05. The number of hydrogen-bond acceptors (Lipinski definition) is 3. The molecule has 0 aliphatic heterocycles. The lowest BCUT2D eigenvalue weighted by molar-refractivity contribution is 0.906. The summed E-state index contributed by atoms with van der Waals surface area (Å²) in [5.74, 6) is 0. The summed E-state index contributed by atoms with van der Waals surface area (Å²) in [5, 5.41) is 12.6. The molecule has 92 valence electrons. The molecule has 1 unspecified atom stereocenters. The molecule has 0 amide bonds. The minimum absolute atomic E-state index is 0.190. The number of nitrogens with zero attached hydrogens (tertiary/aromatic N) is 1. The van der Waals surface area contributed by atoms with Crippen molar-refractivity contribution in [3.63, 3.8) is 0 Å². The van der Waals surface area contributed by atoms with E-state index in [9.17, 15) is 5.26 Å². The van der Waals surface area contributed by atoms with Gasteiger partial charge in [0, 0.05) is 4.88 Å². The quantitative estimate of drug-likeness (QED) is 0.876. The van der Waals surface area contributed by atoms with Crippen molar-refractivity contribution in [3.8, 4) is 6.07 Å². The van der Waals surface area contributed by atoms with E-state index >= 15 is 0 Å². The van der Waals surface area contributed by atoms with Crippen LogP contribution in [-0.4, -0.2) is 0 Å². The van der Waals surface area contributed by atoms with Crippen molar-refractivity contribution in [2.24, 2.45) is 0 Å². The smallest absolute Gasteiger partial charge is 0.102 e. The number of thiophene rings is 1. The fraction of sp³-hybridized carbons (Fsp3) is 0.214. The van der Waals surface area contributed by atoms with Gasteiger partial charge >= 0.3 is 0 Å². The van der Waals surface area contributed by atoms with Gasteiger partial charge in [-0.3, -0.25) is 0 Å². The first-order valence-electron chi connectivity index (χ1n) is 5.63. The van der Waals surface area contributed by atoms with Crippen LogP contribution in [-0.2, 0) is 0 Å². The van der Waals surface area contributed by atoms with E-state index in [-0.39, 0.29) is 6.04 Å². The second kappa shape index (κ2) is 5.55. The van der Waals surface area contributed by atoms with E-state index in [0.717, 1.165) is 20.6 Å². The second-order valence-electron chi connectivity index (χ2n) is 4.12. The molecule has 1 aromatic heterocycles. The zero-order valence-corrected chi connectivity index (χ0v) is 12.6. The molecule has 0 radical (unpaired) electrons. The van der Waals surface area contributed by atoms with Gasteiger partial charge in [-0.25, -0.2) is 0 Å². The van der Waals surface area contributed by atoms with Crippen molar-refractivity contribution >= 4 is 33.0 Å². The molecular formula is C14H13BrN2S. The molecule has 1 aromatic carbocycles. The third-order valence-electron chi connectivity index (χ3n) is 2.78. The van der Waals surface area contributed by atoms with Crippen LogP contribution in [0.4, 0.5) is 5.69 Å². The Labute approximate surface area is 119 Å². The maximum atomic E-state index is 9.19. The van der Waals surface area contributed by atoms with Crippen LogP contribution in [0.3, 0.4) is 0 Å². The van der Waals surface area contributed by atoms with Crippen molar-refractivity contribution in [2.45, 2.75) is 19.9 Å². The Balaban J connectivity index is 2.25. The van der Waals surface area contributed by atoms with Crippen molar-refractivity contribution in [1.82, 2.24) is 0 Å². The van der Waals surface area contributed by atoms with Gasteiger partial charge in [0.15, 0.2) is 0 Å². The van der Waals surface area contributed by atoms with Crippen LogP contribution in [0.25, 0.3) is 0 Å². The first-order valence-corrected chi connectivity index (χ1v) is 7.24. The summed E-state index contributed by atoms with van der Waals surface area (Å²) < 4.78 is 1.12. The third-order valence-corrected chi connectivity index (χ3v) is 4.58. The third kappa shape index (κ3) is 2.74. The van der Waals surface area contributed by atoms with Gasteiger partial charge in [0.25, 0.3) is 0 Å². The highest BCUT2D eigenvalue weighted by Gasteiger charge is 2.11. The van der Waals surface area contributed by atoms with Crippen molar-refractivity contribution in [1.29, 1.82) is 5.26 Å². The largest absolute Gasteiger partial charge is 0.377 e. The molecule has 18 heavy (non-hydrogen) atoms. The number of hydrogen-bond donors (Lipinski definition) is 1. The van der Waals surface area contributed by atoms with Gasteiger partial charge in [-0.05, 0) is 53.5 Å². The summed E-state index contributed by atoms with van der Waals surface area (Å²) in [6, 6.07) is 12.5. The van der Waals surface area contributed by atoms with E-state index in [2.05, 4.69) is 40.3 Å². The van der Waals surface area contributed by atoms with Crippen LogP contribution >= 0.6 is 27.3 Å². The molecule has 1 N–H and O–H groups in total. The topological polar surface area (TPSA) is 35.8 Å². The molecular weight excluding hydrogens is 308 g/mol. The normalized spacial score (nSPS) is 11.9. The van der Waals surface area contributed by atoms with Crippen molar-refractivity contribution < 1.29 is 0 Å². The number of nitrogens with one attached hydrogen (secondary N) is 1. The Bertz CT molecular complexity index is 598. The summed E-state index contributed by atoms with van der Waals surface area (Å²) in [6.07, 6.45) is 0. The van der Waals surface area contributed by atoms with Crippen LogP contribution in [0, 0.1) is 18.3 Å². The minimum Gasteiger partial charge on any atom is -0.377 e. The number of rotatable bonds is 3. The molecule has 0 aliphatic rings. The summed E-state index contributed by atoms with van der Waals surface area (Å²) in [4.78, 5) is 1.24. The zero-order chi connectivity index (χ0) is 13.1. The monoisotopic (exact) mass is 320 g/mol. The standard InChI is InChI=1S/C14H13BrN2S/c1-9-4-3-5-12(11(9)8-16)17-10(2)13-6-7-14(15)18-13/h3-7,10,17H,1-2H3. The molecule has 2 nitrogen and oxygen atoms in total. The number of benzene rings is 1. The fourth-order valence-corrected chi connectivity index (χ4v) is 3.23. The summed E-state index contributed by atoms with van der Waals surface area (Å²) in [6.45, 7) is 4.05. The average Bonchev–Trinajstić information content (AvgIpc) is 2.76. The number of halogens is 1. The van der Waals surface area contributed by atoms with Gasteiger partial charge in [-0.1, -0.05) is 12.1 Å². The van der Waals surface area contributed by atoms with Gasteiger partial charge in [-0.15, -0.1) is 11.3 Å². The maximum absolute atomic E-state index is 9.19. The van der Waals surface area contributed by atoms with E-state index < -0.39 is 0 Å². The predicted octanol–water partition coefficient (Wildman–Crippen LogP) is 4.86. The van der Waals surface area contributed by atoms with Gasteiger partial charge in [0.1, 0.15) is 6.07 Å². The molecule has 1 heterocycles. The lowest BCUT2D eigenvalue weighted by atomic mass is 10.1. The van der Waals surface area contributed by atoms with Gasteiger partial charge in [-0.2, -0.15) is 5.26 Å². The van der Waals surface area contributed by atoms with Gasteiger partial charge in [0.05, 0.1) is 21.1 Å². The second-order valence-corrected chi connectivity index (χ2v) is 6.61. The Hall–Kier alpha value is -1.31. The highest BCUT2D eigenvalue weighted by atomic mass is 79.9. The van der Waals surface area contributed by atoms with E-state index in [0.29, 0.717) is 0 Å². The SMILES string of the molecule is Cc1cccc(NC(C)c2ccc(Br)s2)c1C#N. The van der Waals surface area contributed by atoms with Crippen LogP contribution in [0.15, 0.2) is 34.1 Å². The molecule has 2 rings (SSSR count). The van der Waals surface area contributed by atoms with Crippen molar-refractivity contribution in [2.75, 3.05) is 5.32 Å². The van der Waals surface area contributed by atoms with Crippen LogP contribution in [0.2, 0.25) is 0 Å². The maximum Gasteiger partial charge on any atom is 0.102 e. The van der Waals surface area contributed by atoms with Crippen LogP contribution in [0.5, 0.6) is 0 Å². The van der Waals surface area contributed by atoms with Gasteiger partial charge in [0.2, 0.25) is 0 Å². The molecule has 0 spiro atoms. The van der Waals surface area contributed by atoms with Crippen LogP contribution in [0.1, 0.15) is 29.0 Å². The Morgan fingerprint density at radius 3 is 2.72 bits per heavy atom. The first kappa shape index (κ1) is 13.1. The number of anilines is 1. The highest BCUT2D eigenvalue weighted by Crippen LogP contribution is 2.30. The molecule has 1 atom stereocenters. The summed E-state index contributed by atoms with van der Waals surface area (Å²) in [7, 11) is 0. The molecule has 2 aromatic rings. The number of nitriles is 1. The number of aryl methyl sites for hydroxylation is 1. The lowest BCUT2D eigenvalue weighted by Gasteiger charge is -2.15. The summed E-state index contributed by atoms with van der Waals surface area (Å²) >= 11 is 5.17. The van der Waals surface area contributed by atoms with E-state index in [4.69, 9.17) is 0 Å². The Morgan fingerprint density at radius 2 is 2.11 bits per heavy atom. The zero-order valence-electron chi connectivity index (χ0n) is 10.2. The van der Waals surface area contributed by atoms with E-state index in [1.165, 1.54) is 4.88 Å². The molecule has 0 fully saturated rings. The lowest BCUT2D eigenvalue weighted by Crippen LogP contribution is -2.06. The molecule has 4 heteroatoms. The fourth-order valence-electron chi connectivity index (χ4n) is 1.80. The molecule has 0 saturated carbocycles. The van der Waals surface area contributed by atoms with Gasteiger partial charge < -0.3 is 5.32 Å². The molecule has 0 saturated heterocycles.